The normalized spacial score (nSPS) is 10.5. The zero-order valence-electron chi connectivity index (χ0n) is 17.1. The van der Waals surface area contributed by atoms with E-state index in [1.807, 2.05) is 47.9 Å². The number of ether oxygens (including phenoxy) is 1. The molecule has 0 aliphatic heterocycles. The summed E-state index contributed by atoms with van der Waals surface area (Å²) in [5.41, 5.74) is 2.15. The third-order valence-corrected chi connectivity index (χ3v) is 6.11. The second kappa shape index (κ2) is 10.1. The number of hydrogen-bond acceptors (Lipinski definition) is 8. The predicted octanol–water partition coefficient (Wildman–Crippen LogP) is 4.39. The Bertz CT molecular complexity index is 1250. The molecule has 0 spiro atoms. The molecular formula is C22H18N6O2S2. The first-order valence-electron chi connectivity index (χ1n) is 9.69. The van der Waals surface area contributed by atoms with Gasteiger partial charge in [0.1, 0.15) is 16.8 Å². The van der Waals surface area contributed by atoms with Crippen molar-refractivity contribution in [2.75, 3.05) is 17.7 Å². The zero-order chi connectivity index (χ0) is 22.3. The molecule has 0 saturated heterocycles. The van der Waals surface area contributed by atoms with Gasteiger partial charge in [0, 0.05) is 23.6 Å². The molecule has 1 aromatic carbocycles. The average Bonchev–Trinajstić information content (AvgIpc) is 3.45. The highest BCUT2D eigenvalue weighted by Crippen LogP contribution is 2.29. The van der Waals surface area contributed by atoms with Crippen LogP contribution in [0.1, 0.15) is 12.5 Å². The number of carbonyl (C=O) groups is 1. The number of nitrogens with zero attached hydrogens (tertiary/aromatic N) is 5. The quantitative estimate of drug-likeness (QED) is 0.387. The van der Waals surface area contributed by atoms with Crippen molar-refractivity contribution in [1.29, 1.82) is 5.26 Å². The van der Waals surface area contributed by atoms with Gasteiger partial charge in [0.15, 0.2) is 11.0 Å². The van der Waals surface area contributed by atoms with Gasteiger partial charge in [-0.3, -0.25) is 14.3 Å². The summed E-state index contributed by atoms with van der Waals surface area (Å²) in [6, 6.07) is 15.1. The molecule has 8 nitrogen and oxygen atoms in total. The molecule has 0 bridgehead atoms. The average molecular weight is 463 g/mol. The summed E-state index contributed by atoms with van der Waals surface area (Å²) in [5.74, 6) is 1.31. The zero-order valence-corrected chi connectivity index (χ0v) is 18.7. The monoisotopic (exact) mass is 462 g/mol. The van der Waals surface area contributed by atoms with Crippen LogP contribution in [0, 0.1) is 11.3 Å². The van der Waals surface area contributed by atoms with Crippen molar-refractivity contribution in [3.8, 4) is 28.9 Å². The Hall–Kier alpha value is -3.68. The number of carbonyl (C=O) groups excluding carboxylic acids is 1. The first-order chi connectivity index (χ1) is 15.7. The number of anilines is 1. The lowest BCUT2D eigenvalue weighted by Crippen LogP contribution is -2.14. The molecule has 0 unspecified atom stereocenters. The van der Waals surface area contributed by atoms with E-state index in [0.717, 1.165) is 17.0 Å². The van der Waals surface area contributed by atoms with E-state index in [1.54, 1.807) is 23.8 Å². The molecule has 0 atom stereocenters. The molecule has 3 aromatic heterocycles. The molecule has 4 rings (SSSR count). The summed E-state index contributed by atoms with van der Waals surface area (Å²) in [7, 11) is 0. The van der Waals surface area contributed by atoms with Crippen molar-refractivity contribution >= 4 is 34.0 Å². The van der Waals surface area contributed by atoms with Crippen LogP contribution in [0.4, 0.5) is 5.00 Å². The van der Waals surface area contributed by atoms with Crippen LogP contribution in [0.3, 0.4) is 0 Å². The Morgan fingerprint density at radius 3 is 2.69 bits per heavy atom. The molecule has 0 aliphatic rings. The SMILES string of the molecule is CCOc1ccc(-n2c(SCC(=O)Nc3sccc3C#N)nnc2-c2ccncc2)cc1. The van der Waals surface area contributed by atoms with Crippen LogP contribution in [0.5, 0.6) is 5.75 Å². The molecule has 32 heavy (non-hydrogen) atoms. The molecule has 3 heterocycles. The summed E-state index contributed by atoms with van der Waals surface area (Å²) in [4.78, 5) is 16.5. The topological polar surface area (TPSA) is 106 Å². The minimum atomic E-state index is -0.222. The fourth-order valence-corrected chi connectivity index (χ4v) is 4.43. The minimum absolute atomic E-state index is 0.119. The first kappa shape index (κ1) is 21.5. The first-order valence-corrected chi connectivity index (χ1v) is 11.6. The molecule has 160 valence electrons. The van der Waals surface area contributed by atoms with Crippen molar-refractivity contribution < 1.29 is 9.53 Å². The second-order valence-electron chi connectivity index (χ2n) is 6.42. The number of nitrogens with one attached hydrogen (secondary N) is 1. The molecule has 0 aliphatic carbocycles. The van der Waals surface area contributed by atoms with Crippen LogP contribution in [-0.4, -0.2) is 38.0 Å². The van der Waals surface area contributed by atoms with E-state index in [1.165, 1.54) is 23.1 Å². The van der Waals surface area contributed by atoms with Gasteiger partial charge in [-0.1, -0.05) is 11.8 Å². The Kier molecular flexibility index (Phi) is 6.79. The number of amides is 1. The van der Waals surface area contributed by atoms with Crippen LogP contribution in [0.25, 0.3) is 17.1 Å². The molecule has 1 amide bonds. The van der Waals surface area contributed by atoms with Gasteiger partial charge in [0.05, 0.1) is 17.9 Å². The molecule has 0 saturated carbocycles. The standard InChI is InChI=1S/C22H18N6O2S2/c1-2-30-18-5-3-17(4-6-18)28-20(15-7-10-24-11-8-15)26-27-22(28)32-14-19(29)25-21-16(13-23)9-12-31-21/h3-12H,2,14H2,1H3,(H,25,29). The van der Waals surface area contributed by atoms with Gasteiger partial charge < -0.3 is 10.1 Å². The largest absolute Gasteiger partial charge is 0.494 e. The number of nitriles is 1. The number of thioether (sulfide) groups is 1. The molecule has 0 radical (unpaired) electrons. The number of rotatable bonds is 8. The Balaban J connectivity index is 1.60. The maximum atomic E-state index is 12.5. The Labute approximate surface area is 192 Å². The van der Waals surface area contributed by atoms with Gasteiger partial charge in [-0.25, -0.2) is 0 Å². The number of hydrogen-bond donors (Lipinski definition) is 1. The maximum Gasteiger partial charge on any atom is 0.235 e. The van der Waals surface area contributed by atoms with E-state index in [-0.39, 0.29) is 11.7 Å². The van der Waals surface area contributed by atoms with Crippen LogP contribution in [0.15, 0.2) is 65.4 Å². The molecular weight excluding hydrogens is 444 g/mol. The molecule has 0 fully saturated rings. The number of aromatic nitrogens is 4. The molecule has 10 heteroatoms. The molecule has 1 N–H and O–H groups in total. The van der Waals surface area contributed by atoms with Crippen LogP contribution in [-0.2, 0) is 4.79 Å². The summed E-state index contributed by atoms with van der Waals surface area (Å²) in [6.07, 6.45) is 3.39. The lowest BCUT2D eigenvalue weighted by atomic mass is 10.2. The maximum absolute atomic E-state index is 12.5. The molecule has 4 aromatic rings. The lowest BCUT2D eigenvalue weighted by Gasteiger charge is -2.11. The van der Waals surface area contributed by atoms with Gasteiger partial charge in [0.2, 0.25) is 5.91 Å². The lowest BCUT2D eigenvalue weighted by molar-refractivity contribution is -0.113. The summed E-state index contributed by atoms with van der Waals surface area (Å²) in [5, 5.41) is 23.5. The van der Waals surface area contributed by atoms with Crippen molar-refractivity contribution in [3.05, 3.63) is 65.8 Å². The smallest absolute Gasteiger partial charge is 0.235 e. The number of thiophene rings is 1. The number of benzene rings is 1. The summed E-state index contributed by atoms with van der Waals surface area (Å²) >= 11 is 2.58. The van der Waals surface area contributed by atoms with Gasteiger partial charge in [-0.2, -0.15) is 5.26 Å². The number of pyridine rings is 1. The summed E-state index contributed by atoms with van der Waals surface area (Å²) in [6.45, 7) is 2.52. The minimum Gasteiger partial charge on any atom is -0.494 e. The van der Waals surface area contributed by atoms with Crippen molar-refractivity contribution in [1.82, 2.24) is 19.7 Å². The van der Waals surface area contributed by atoms with Crippen LogP contribution >= 0.6 is 23.1 Å². The van der Waals surface area contributed by atoms with Crippen molar-refractivity contribution in [2.24, 2.45) is 0 Å². The fourth-order valence-electron chi connectivity index (χ4n) is 2.93. The van der Waals surface area contributed by atoms with E-state index >= 15 is 0 Å². The predicted molar refractivity (Wildman–Crippen MR) is 124 cm³/mol. The van der Waals surface area contributed by atoms with Gasteiger partial charge in [0.25, 0.3) is 0 Å². The summed E-state index contributed by atoms with van der Waals surface area (Å²) < 4.78 is 7.44. The second-order valence-corrected chi connectivity index (χ2v) is 8.28. The van der Waals surface area contributed by atoms with Crippen LogP contribution < -0.4 is 10.1 Å². The van der Waals surface area contributed by atoms with Gasteiger partial charge in [-0.15, -0.1) is 21.5 Å². The third-order valence-electron chi connectivity index (χ3n) is 4.35. The Morgan fingerprint density at radius 2 is 1.97 bits per heavy atom. The Morgan fingerprint density at radius 1 is 1.19 bits per heavy atom. The van der Waals surface area contributed by atoms with Gasteiger partial charge in [-0.05, 0) is 54.8 Å². The van der Waals surface area contributed by atoms with E-state index in [2.05, 4.69) is 26.6 Å². The van der Waals surface area contributed by atoms with Crippen molar-refractivity contribution in [3.63, 3.8) is 0 Å². The van der Waals surface area contributed by atoms with E-state index in [9.17, 15) is 4.79 Å². The fraction of sp³-hybridized carbons (Fsp3) is 0.136. The van der Waals surface area contributed by atoms with Gasteiger partial charge >= 0.3 is 0 Å². The highest BCUT2D eigenvalue weighted by atomic mass is 32.2. The third kappa shape index (κ3) is 4.80. The van der Waals surface area contributed by atoms with Crippen molar-refractivity contribution in [2.45, 2.75) is 12.1 Å². The van der Waals surface area contributed by atoms with E-state index < -0.39 is 0 Å². The highest BCUT2D eigenvalue weighted by Gasteiger charge is 2.18. The highest BCUT2D eigenvalue weighted by molar-refractivity contribution is 7.99. The van der Waals surface area contributed by atoms with E-state index in [4.69, 9.17) is 10.00 Å². The van der Waals surface area contributed by atoms with Crippen LogP contribution in [0.2, 0.25) is 0 Å². The van der Waals surface area contributed by atoms with E-state index in [0.29, 0.717) is 28.2 Å².